The van der Waals surface area contributed by atoms with Crippen molar-refractivity contribution in [3.63, 3.8) is 0 Å². The van der Waals surface area contributed by atoms with Crippen LogP contribution in [0.15, 0.2) is 10.2 Å². The van der Waals surface area contributed by atoms with Gasteiger partial charge in [-0.25, -0.2) is 9.59 Å². The molecule has 0 rings (SSSR count). The number of azo groups is 1. The monoisotopic (exact) mass is 298 g/mol. The van der Waals surface area contributed by atoms with Gasteiger partial charge in [-0.3, -0.25) is 0 Å². The highest BCUT2D eigenvalue weighted by Gasteiger charge is 2.23. The van der Waals surface area contributed by atoms with Gasteiger partial charge < -0.3 is 14.2 Å². The van der Waals surface area contributed by atoms with Gasteiger partial charge in [0.05, 0.1) is 6.61 Å². The van der Waals surface area contributed by atoms with Gasteiger partial charge in [-0.1, -0.05) is 16.1 Å². The molecule has 0 aliphatic heterocycles. The molecular weight excluding hydrogens is 276 g/mol. The van der Waals surface area contributed by atoms with Crippen LogP contribution in [-0.2, 0) is 14.2 Å². The lowest BCUT2D eigenvalue weighted by atomic mass is 10.1. The third-order valence-electron chi connectivity index (χ3n) is 2.00. The van der Waals surface area contributed by atoms with Gasteiger partial charge in [-0.15, -0.1) is 6.42 Å². The molecule has 0 radical (unpaired) electrons. The number of amides is 2. The van der Waals surface area contributed by atoms with Crippen LogP contribution in [0.2, 0.25) is 0 Å². The molecule has 7 nitrogen and oxygen atoms in total. The van der Waals surface area contributed by atoms with Crippen LogP contribution in [-0.4, -0.2) is 36.6 Å². The standard InChI is InChI=1S/C14H22N2O5/c1-7-9-19-10-8-14(5,6)21-12(18)16-15-11(17)20-13(2,3)4/h1H,8-10H2,2-6H3. The summed E-state index contributed by atoms with van der Waals surface area (Å²) >= 11 is 0. The summed E-state index contributed by atoms with van der Waals surface area (Å²) in [6.07, 6.45) is 3.55. The zero-order chi connectivity index (χ0) is 16.5. The third kappa shape index (κ3) is 11.6. The molecule has 118 valence electrons. The molecule has 0 saturated carbocycles. The van der Waals surface area contributed by atoms with Crippen molar-refractivity contribution in [3.05, 3.63) is 0 Å². The molecule has 2 amide bonds. The summed E-state index contributed by atoms with van der Waals surface area (Å²) in [5.41, 5.74) is -1.51. The molecule has 0 heterocycles. The molecule has 0 spiro atoms. The van der Waals surface area contributed by atoms with Gasteiger partial charge in [-0.05, 0) is 34.6 Å². The van der Waals surface area contributed by atoms with E-state index in [9.17, 15) is 9.59 Å². The van der Waals surface area contributed by atoms with Crippen LogP contribution < -0.4 is 0 Å². The maximum Gasteiger partial charge on any atom is 0.453 e. The Morgan fingerprint density at radius 2 is 1.57 bits per heavy atom. The van der Waals surface area contributed by atoms with Crippen LogP contribution in [0.1, 0.15) is 41.0 Å². The molecular formula is C14H22N2O5. The summed E-state index contributed by atoms with van der Waals surface area (Å²) in [5.74, 6) is 2.33. The van der Waals surface area contributed by atoms with Crippen LogP contribution in [0.3, 0.4) is 0 Å². The average Bonchev–Trinajstić information content (AvgIpc) is 2.29. The molecule has 0 aromatic carbocycles. The summed E-state index contributed by atoms with van der Waals surface area (Å²) in [4.78, 5) is 22.7. The van der Waals surface area contributed by atoms with Gasteiger partial charge in [0.25, 0.3) is 0 Å². The summed E-state index contributed by atoms with van der Waals surface area (Å²) in [5, 5.41) is 6.29. The zero-order valence-corrected chi connectivity index (χ0v) is 13.1. The predicted molar refractivity (Wildman–Crippen MR) is 75.9 cm³/mol. The number of hydrogen-bond donors (Lipinski definition) is 0. The molecule has 0 fully saturated rings. The molecule has 0 aliphatic carbocycles. The molecule has 0 unspecified atom stereocenters. The Morgan fingerprint density at radius 3 is 2.05 bits per heavy atom. The minimum absolute atomic E-state index is 0.197. The first kappa shape index (κ1) is 19.1. The Bertz CT molecular complexity index is 430. The lowest BCUT2D eigenvalue weighted by molar-refractivity contribution is 0.0151. The molecule has 0 N–H and O–H groups in total. The van der Waals surface area contributed by atoms with Gasteiger partial charge in [0.15, 0.2) is 0 Å². The quantitative estimate of drug-likeness (QED) is 0.441. The van der Waals surface area contributed by atoms with Crippen molar-refractivity contribution in [2.75, 3.05) is 13.2 Å². The average molecular weight is 298 g/mol. The van der Waals surface area contributed by atoms with Crippen molar-refractivity contribution < 1.29 is 23.8 Å². The van der Waals surface area contributed by atoms with E-state index in [1.807, 2.05) is 0 Å². The maximum absolute atomic E-state index is 11.5. The van der Waals surface area contributed by atoms with E-state index in [2.05, 4.69) is 16.1 Å². The fraction of sp³-hybridized carbons (Fsp3) is 0.714. The minimum Gasteiger partial charge on any atom is -0.441 e. The van der Waals surface area contributed by atoms with Crippen LogP contribution in [0.25, 0.3) is 0 Å². The fourth-order valence-corrected chi connectivity index (χ4v) is 1.12. The molecule has 0 aromatic heterocycles. The number of ether oxygens (including phenoxy) is 3. The van der Waals surface area contributed by atoms with E-state index < -0.39 is 23.4 Å². The summed E-state index contributed by atoms with van der Waals surface area (Å²) in [6, 6.07) is 0. The number of carbonyl (C=O) groups is 2. The lowest BCUT2D eigenvalue weighted by Gasteiger charge is -2.23. The van der Waals surface area contributed by atoms with Crippen molar-refractivity contribution in [3.8, 4) is 12.3 Å². The zero-order valence-electron chi connectivity index (χ0n) is 13.1. The lowest BCUT2D eigenvalue weighted by Crippen LogP contribution is -2.28. The van der Waals surface area contributed by atoms with E-state index in [1.54, 1.807) is 34.6 Å². The van der Waals surface area contributed by atoms with E-state index in [0.717, 1.165) is 0 Å². The van der Waals surface area contributed by atoms with Crippen LogP contribution in [0.4, 0.5) is 9.59 Å². The highest BCUT2D eigenvalue weighted by Crippen LogP contribution is 2.16. The van der Waals surface area contributed by atoms with Crippen molar-refractivity contribution in [2.45, 2.75) is 52.2 Å². The normalized spacial score (nSPS) is 12.0. The second-order valence-electron chi connectivity index (χ2n) is 5.81. The van der Waals surface area contributed by atoms with Gasteiger partial charge in [-0.2, -0.15) is 0 Å². The highest BCUT2D eigenvalue weighted by molar-refractivity contribution is 5.73. The molecule has 21 heavy (non-hydrogen) atoms. The largest absolute Gasteiger partial charge is 0.453 e. The van der Waals surface area contributed by atoms with Crippen LogP contribution in [0.5, 0.6) is 0 Å². The second-order valence-corrected chi connectivity index (χ2v) is 5.81. The summed E-state index contributed by atoms with van der Waals surface area (Å²) in [6.45, 7) is 8.95. The molecule has 7 heteroatoms. The SMILES string of the molecule is C#CCOCCC(C)(C)OC(=O)N=NC(=O)OC(C)(C)C. The maximum atomic E-state index is 11.5. The van der Waals surface area contributed by atoms with Crippen molar-refractivity contribution >= 4 is 12.2 Å². The van der Waals surface area contributed by atoms with E-state index >= 15 is 0 Å². The van der Waals surface area contributed by atoms with Gasteiger partial charge in [0, 0.05) is 6.42 Å². The van der Waals surface area contributed by atoms with Gasteiger partial charge in [0.1, 0.15) is 17.8 Å². The smallest absolute Gasteiger partial charge is 0.441 e. The van der Waals surface area contributed by atoms with Crippen LogP contribution >= 0.6 is 0 Å². The minimum atomic E-state index is -0.970. The number of carbonyl (C=O) groups excluding carboxylic acids is 2. The highest BCUT2D eigenvalue weighted by atomic mass is 16.6. The van der Waals surface area contributed by atoms with Crippen LogP contribution in [0, 0.1) is 12.3 Å². The van der Waals surface area contributed by atoms with E-state index in [1.165, 1.54) is 0 Å². The van der Waals surface area contributed by atoms with Crippen molar-refractivity contribution in [1.29, 1.82) is 0 Å². The molecule has 0 bridgehead atoms. The molecule has 0 atom stereocenters. The number of rotatable bonds is 5. The second kappa shape index (κ2) is 8.37. The third-order valence-corrected chi connectivity index (χ3v) is 2.00. The predicted octanol–water partition coefficient (Wildman–Crippen LogP) is 3.33. The Labute approximate surface area is 125 Å². The first-order valence-corrected chi connectivity index (χ1v) is 6.45. The Hall–Kier alpha value is -1.94. The number of nitrogens with zero attached hydrogens (tertiary/aromatic N) is 2. The Kier molecular flexibility index (Phi) is 7.60. The first-order chi connectivity index (χ1) is 9.56. The first-order valence-electron chi connectivity index (χ1n) is 6.45. The Morgan fingerprint density at radius 1 is 1.05 bits per heavy atom. The van der Waals surface area contributed by atoms with Crippen molar-refractivity contribution in [2.24, 2.45) is 10.2 Å². The number of terminal acetylenes is 1. The number of hydrogen-bond acceptors (Lipinski definition) is 5. The Balaban J connectivity index is 4.23. The summed E-state index contributed by atoms with van der Waals surface area (Å²) in [7, 11) is 0. The molecule has 0 aromatic rings. The van der Waals surface area contributed by atoms with Gasteiger partial charge in [0.2, 0.25) is 0 Å². The molecule has 0 saturated heterocycles. The topological polar surface area (TPSA) is 86.5 Å². The fourth-order valence-electron chi connectivity index (χ4n) is 1.12. The van der Waals surface area contributed by atoms with E-state index in [0.29, 0.717) is 13.0 Å². The van der Waals surface area contributed by atoms with Gasteiger partial charge >= 0.3 is 12.2 Å². The van der Waals surface area contributed by atoms with E-state index in [-0.39, 0.29) is 6.61 Å². The van der Waals surface area contributed by atoms with Crippen molar-refractivity contribution in [1.82, 2.24) is 0 Å². The van der Waals surface area contributed by atoms with E-state index in [4.69, 9.17) is 20.6 Å². The summed E-state index contributed by atoms with van der Waals surface area (Å²) < 4.78 is 15.0. The molecule has 0 aliphatic rings.